The molecular formula is C14H13F2NO3S. The second kappa shape index (κ2) is 6.62. The van der Waals surface area contributed by atoms with Gasteiger partial charge in [-0.05, 0) is 25.1 Å². The van der Waals surface area contributed by atoms with E-state index in [1.165, 1.54) is 30.5 Å². The number of benzene rings is 1. The van der Waals surface area contributed by atoms with E-state index in [1.807, 2.05) is 0 Å². The standard InChI is InChI=1S/C14H13F2NO3S/c1-3-19-11-6-9(4-5-10(11)20-14(15)16)13-17-7-12(21-13)8(2)18/h4-7,14H,3H2,1-2H3. The number of alkyl halides is 2. The third kappa shape index (κ3) is 3.75. The van der Waals surface area contributed by atoms with Crippen molar-refractivity contribution in [1.82, 2.24) is 4.98 Å². The highest BCUT2D eigenvalue weighted by Gasteiger charge is 2.14. The van der Waals surface area contributed by atoms with E-state index in [0.29, 0.717) is 22.1 Å². The van der Waals surface area contributed by atoms with E-state index in [-0.39, 0.29) is 17.3 Å². The van der Waals surface area contributed by atoms with Crippen molar-refractivity contribution in [2.45, 2.75) is 20.5 Å². The molecule has 0 saturated heterocycles. The van der Waals surface area contributed by atoms with E-state index in [4.69, 9.17) is 4.74 Å². The minimum atomic E-state index is -2.92. The monoisotopic (exact) mass is 313 g/mol. The lowest BCUT2D eigenvalue weighted by molar-refractivity contribution is -0.0514. The van der Waals surface area contributed by atoms with E-state index >= 15 is 0 Å². The molecule has 0 aliphatic heterocycles. The number of nitrogens with zero attached hydrogens (tertiary/aromatic N) is 1. The summed E-state index contributed by atoms with van der Waals surface area (Å²) in [5.74, 6) is 0.121. The predicted molar refractivity (Wildman–Crippen MR) is 75.4 cm³/mol. The summed E-state index contributed by atoms with van der Waals surface area (Å²) in [6.07, 6.45) is 1.49. The second-order valence-corrected chi connectivity index (χ2v) is 5.09. The zero-order valence-corrected chi connectivity index (χ0v) is 12.2. The van der Waals surface area contributed by atoms with Gasteiger partial charge in [0.15, 0.2) is 17.3 Å². The number of hydrogen-bond acceptors (Lipinski definition) is 5. The van der Waals surface area contributed by atoms with Crippen LogP contribution in [0.4, 0.5) is 8.78 Å². The van der Waals surface area contributed by atoms with Gasteiger partial charge in [0, 0.05) is 18.7 Å². The Morgan fingerprint density at radius 1 is 1.38 bits per heavy atom. The van der Waals surface area contributed by atoms with Crippen LogP contribution in [0.2, 0.25) is 0 Å². The molecule has 0 spiro atoms. The molecule has 1 heterocycles. The Labute approximate surface area is 124 Å². The van der Waals surface area contributed by atoms with Crippen molar-refractivity contribution < 1.29 is 23.0 Å². The van der Waals surface area contributed by atoms with Crippen LogP contribution in [0.25, 0.3) is 10.6 Å². The largest absolute Gasteiger partial charge is 0.490 e. The maximum absolute atomic E-state index is 12.3. The fourth-order valence-corrected chi connectivity index (χ4v) is 2.48. The zero-order valence-electron chi connectivity index (χ0n) is 11.4. The van der Waals surface area contributed by atoms with Gasteiger partial charge >= 0.3 is 6.61 Å². The Bertz CT molecular complexity index is 643. The van der Waals surface area contributed by atoms with Crippen LogP contribution >= 0.6 is 11.3 Å². The maximum atomic E-state index is 12.3. The molecule has 0 fully saturated rings. The molecule has 0 radical (unpaired) electrons. The first-order chi connectivity index (χ1) is 10.0. The van der Waals surface area contributed by atoms with Crippen molar-refractivity contribution in [1.29, 1.82) is 0 Å². The van der Waals surface area contributed by atoms with Crippen LogP contribution in [-0.2, 0) is 0 Å². The topological polar surface area (TPSA) is 48.4 Å². The summed E-state index contributed by atoms with van der Waals surface area (Å²) in [5, 5.41) is 0.616. The van der Waals surface area contributed by atoms with Crippen LogP contribution in [-0.4, -0.2) is 24.0 Å². The molecule has 2 aromatic rings. The van der Waals surface area contributed by atoms with Crippen LogP contribution in [0.5, 0.6) is 11.5 Å². The van der Waals surface area contributed by atoms with Crippen molar-refractivity contribution in [3.8, 4) is 22.1 Å². The van der Waals surface area contributed by atoms with Gasteiger partial charge in [0.05, 0.1) is 11.5 Å². The number of carbonyl (C=O) groups is 1. The molecule has 0 atom stereocenters. The van der Waals surface area contributed by atoms with Crippen LogP contribution in [0.15, 0.2) is 24.4 Å². The number of aromatic nitrogens is 1. The van der Waals surface area contributed by atoms with Crippen LogP contribution in [0.3, 0.4) is 0 Å². The molecule has 7 heteroatoms. The van der Waals surface area contributed by atoms with Gasteiger partial charge in [-0.25, -0.2) is 4.98 Å². The van der Waals surface area contributed by atoms with E-state index < -0.39 is 6.61 Å². The lowest BCUT2D eigenvalue weighted by Crippen LogP contribution is -2.04. The van der Waals surface area contributed by atoms with Gasteiger partial charge in [-0.2, -0.15) is 8.78 Å². The van der Waals surface area contributed by atoms with Gasteiger partial charge in [-0.1, -0.05) is 0 Å². The number of carbonyl (C=O) groups excluding carboxylic acids is 1. The lowest BCUT2D eigenvalue weighted by atomic mass is 10.2. The summed E-state index contributed by atoms with van der Waals surface area (Å²) >= 11 is 1.24. The average Bonchev–Trinajstić information content (AvgIpc) is 2.90. The highest BCUT2D eigenvalue weighted by atomic mass is 32.1. The molecule has 0 bridgehead atoms. The van der Waals surface area contributed by atoms with E-state index in [9.17, 15) is 13.6 Å². The zero-order chi connectivity index (χ0) is 15.4. The minimum Gasteiger partial charge on any atom is -0.490 e. The number of ketones is 1. The quantitative estimate of drug-likeness (QED) is 0.756. The molecule has 21 heavy (non-hydrogen) atoms. The summed E-state index contributed by atoms with van der Waals surface area (Å²) in [6, 6.07) is 4.58. The van der Waals surface area contributed by atoms with Crippen molar-refractivity contribution in [2.75, 3.05) is 6.61 Å². The third-order valence-electron chi connectivity index (χ3n) is 2.56. The van der Waals surface area contributed by atoms with Crippen LogP contribution in [0.1, 0.15) is 23.5 Å². The van der Waals surface area contributed by atoms with E-state index in [2.05, 4.69) is 9.72 Å². The molecule has 0 unspecified atom stereocenters. The van der Waals surface area contributed by atoms with E-state index in [0.717, 1.165) is 0 Å². The molecule has 0 aliphatic rings. The third-order valence-corrected chi connectivity index (χ3v) is 3.71. The van der Waals surface area contributed by atoms with Gasteiger partial charge in [0.25, 0.3) is 0 Å². The summed E-state index contributed by atoms with van der Waals surface area (Å²) < 4.78 is 34.4. The number of hydrogen-bond donors (Lipinski definition) is 0. The summed E-state index contributed by atoms with van der Waals surface area (Å²) in [5.41, 5.74) is 0.678. The number of rotatable bonds is 6. The number of halogens is 2. The first-order valence-corrected chi connectivity index (χ1v) is 7.01. The van der Waals surface area contributed by atoms with Gasteiger partial charge in [0.2, 0.25) is 0 Å². The smallest absolute Gasteiger partial charge is 0.387 e. The van der Waals surface area contributed by atoms with Crippen molar-refractivity contribution >= 4 is 17.1 Å². The number of thiazole rings is 1. The number of ether oxygens (including phenoxy) is 2. The normalized spacial score (nSPS) is 10.7. The molecule has 0 saturated carbocycles. The van der Waals surface area contributed by atoms with Crippen molar-refractivity contribution in [3.05, 3.63) is 29.3 Å². The van der Waals surface area contributed by atoms with E-state index in [1.54, 1.807) is 19.1 Å². The number of Topliss-reactive ketones (excluding diaryl/α,β-unsaturated/α-hetero) is 1. The summed E-state index contributed by atoms with van der Waals surface area (Å²) in [4.78, 5) is 16.0. The molecule has 1 aromatic heterocycles. The minimum absolute atomic E-state index is 0.0288. The fourth-order valence-electron chi connectivity index (χ4n) is 1.67. The van der Waals surface area contributed by atoms with Crippen LogP contribution < -0.4 is 9.47 Å². The summed E-state index contributed by atoms with van der Waals surface area (Å²) in [7, 11) is 0. The highest BCUT2D eigenvalue weighted by molar-refractivity contribution is 7.16. The SMILES string of the molecule is CCOc1cc(-c2ncc(C(C)=O)s2)ccc1OC(F)F. The molecular weight excluding hydrogens is 300 g/mol. The highest BCUT2D eigenvalue weighted by Crippen LogP contribution is 2.35. The molecule has 4 nitrogen and oxygen atoms in total. The Morgan fingerprint density at radius 3 is 2.71 bits per heavy atom. The van der Waals surface area contributed by atoms with Crippen LogP contribution in [0, 0.1) is 0 Å². The van der Waals surface area contributed by atoms with Gasteiger partial charge < -0.3 is 9.47 Å². The Hall–Kier alpha value is -2.02. The second-order valence-electron chi connectivity index (χ2n) is 4.06. The molecule has 2 rings (SSSR count). The fraction of sp³-hybridized carbons (Fsp3) is 0.286. The van der Waals surface area contributed by atoms with Gasteiger partial charge in [-0.3, -0.25) is 4.79 Å². The Balaban J connectivity index is 2.35. The first kappa shape index (κ1) is 15.4. The molecule has 0 amide bonds. The Morgan fingerprint density at radius 2 is 2.14 bits per heavy atom. The Kier molecular flexibility index (Phi) is 4.85. The summed E-state index contributed by atoms with van der Waals surface area (Å²) in [6.45, 7) is 0.609. The maximum Gasteiger partial charge on any atom is 0.387 e. The van der Waals surface area contributed by atoms with Gasteiger partial charge in [0.1, 0.15) is 5.01 Å². The van der Waals surface area contributed by atoms with Crippen molar-refractivity contribution in [3.63, 3.8) is 0 Å². The predicted octanol–water partition coefficient (Wildman–Crippen LogP) is 4.01. The lowest BCUT2D eigenvalue weighted by Gasteiger charge is -2.11. The first-order valence-electron chi connectivity index (χ1n) is 6.20. The van der Waals surface area contributed by atoms with Gasteiger partial charge in [-0.15, -0.1) is 11.3 Å². The molecule has 1 aromatic carbocycles. The molecule has 112 valence electrons. The molecule has 0 aliphatic carbocycles. The van der Waals surface area contributed by atoms with Crippen molar-refractivity contribution in [2.24, 2.45) is 0 Å². The average molecular weight is 313 g/mol. The molecule has 0 N–H and O–H groups in total.